The Morgan fingerprint density at radius 3 is 2.71 bits per heavy atom. The molecule has 0 spiro atoms. The van der Waals surface area contributed by atoms with E-state index in [1.807, 2.05) is 24.8 Å². The number of aryl methyl sites for hydroxylation is 1. The van der Waals surface area contributed by atoms with Gasteiger partial charge >= 0.3 is 0 Å². The first-order chi connectivity index (χ1) is 11.8. The van der Waals surface area contributed by atoms with Gasteiger partial charge in [-0.25, -0.2) is 4.98 Å². The SMILES string of the molecule is Cc1nc([C@@H](N[C@H]2CCSc3ccccc32)c2ccccc2)n[nH]1. The van der Waals surface area contributed by atoms with Crippen LogP contribution in [0.2, 0.25) is 0 Å². The molecule has 0 aliphatic carbocycles. The third-order valence-corrected chi connectivity index (χ3v) is 5.45. The molecule has 0 saturated heterocycles. The molecule has 0 amide bonds. The number of rotatable bonds is 4. The average Bonchev–Trinajstić information content (AvgIpc) is 3.06. The number of aromatic nitrogens is 3. The summed E-state index contributed by atoms with van der Waals surface area (Å²) in [6.45, 7) is 1.94. The number of hydrogen-bond donors (Lipinski definition) is 2. The van der Waals surface area contributed by atoms with E-state index in [-0.39, 0.29) is 6.04 Å². The van der Waals surface area contributed by atoms with Gasteiger partial charge in [-0.1, -0.05) is 48.5 Å². The summed E-state index contributed by atoms with van der Waals surface area (Å²) in [6, 6.07) is 19.4. The lowest BCUT2D eigenvalue weighted by Crippen LogP contribution is -2.30. The van der Waals surface area contributed by atoms with Crippen molar-refractivity contribution in [1.29, 1.82) is 0 Å². The molecular formula is C19H20N4S. The van der Waals surface area contributed by atoms with Crippen molar-refractivity contribution in [2.45, 2.75) is 30.3 Å². The first-order valence-electron chi connectivity index (χ1n) is 8.23. The summed E-state index contributed by atoms with van der Waals surface area (Å²) < 4.78 is 0. The molecule has 0 unspecified atom stereocenters. The number of benzene rings is 2. The van der Waals surface area contributed by atoms with Crippen LogP contribution in [0.4, 0.5) is 0 Å². The van der Waals surface area contributed by atoms with Crippen LogP contribution in [-0.4, -0.2) is 20.9 Å². The molecule has 5 heteroatoms. The largest absolute Gasteiger partial charge is 0.297 e. The number of aromatic amines is 1. The second kappa shape index (κ2) is 6.79. The molecule has 2 atom stereocenters. The van der Waals surface area contributed by atoms with Gasteiger partial charge in [0.25, 0.3) is 0 Å². The van der Waals surface area contributed by atoms with Crippen LogP contribution < -0.4 is 5.32 Å². The van der Waals surface area contributed by atoms with Gasteiger partial charge in [0.15, 0.2) is 5.82 Å². The van der Waals surface area contributed by atoms with Crippen molar-refractivity contribution in [2.24, 2.45) is 0 Å². The number of nitrogens with one attached hydrogen (secondary N) is 2. The summed E-state index contributed by atoms with van der Waals surface area (Å²) in [5, 5.41) is 11.2. The lowest BCUT2D eigenvalue weighted by molar-refractivity contribution is 0.455. The zero-order valence-electron chi connectivity index (χ0n) is 13.6. The molecule has 1 aromatic heterocycles. The lowest BCUT2D eigenvalue weighted by atomic mass is 9.99. The molecule has 0 fully saturated rings. The maximum Gasteiger partial charge on any atom is 0.172 e. The fourth-order valence-corrected chi connectivity index (χ4v) is 4.30. The minimum absolute atomic E-state index is 0.0164. The molecule has 4 rings (SSSR count). The number of fused-ring (bicyclic) bond motifs is 1. The van der Waals surface area contributed by atoms with Gasteiger partial charge in [0.2, 0.25) is 0 Å². The number of nitrogens with zero attached hydrogens (tertiary/aromatic N) is 2. The van der Waals surface area contributed by atoms with E-state index >= 15 is 0 Å². The van der Waals surface area contributed by atoms with Crippen molar-refractivity contribution in [3.63, 3.8) is 0 Å². The predicted octanol–water partition coefficient (Wildman–Crippen LogP) is 4.03. The summed E-state index contributed by atoms with van der Waals surface area (Å²) >= 11 is 1.94. The van der Waals surface area contributed by atoms with Crippen molar-refractivity contribution in [2.75, 3.05) is 5.75 Å². The van der Waals surface area contributed by atoms with E-state index in [0.29, 0.717) is 6.04 Å². The topological polar surface area (TPSA) is 53.6 Å². The zero-order valence-corrected chi connectivity index (χ0v) is 14.4. The Labute approximate surface area is 146 Å². The van der Waals surface area contributed by atoms with Crippen LogP contribution in [0.25, 0.3) is 0 Å². The van der Waals surface area contributed by atoms with Crippen LogP contribution in [0.15, 0.2) is 59.5 Å². The maximum atomic E-state index is 4.57. The van der Waals surface area contributed by atoms with E-state index in [1.165, 1.54) is 16.0 Å². The van der Waals surface area contributed by atoms with Crippen LogP contribution >= 0.6 is 11.8 Å². The Balaban J connectivity index is 1.68. The Hall–Kier alpha value is -2.11. The van der Waals surface area contributed by atoms with Crippen molar-refractivity contribution in [1.82, 2.24) is 20.5 Å². The maximum absolute atomic E-state index is 4.57. The van der Waals surface area contributed by atoms with Gasteiger partial charge in [0, 0.05) is 10.9 Å². The quantitative estimate of drug-likeness (QED) is 0.755. The third-order valence-electron chi connectivity index (χ3n) is 4.33. The Morgan fingerprint density at radius 1 is 1.12 bits per heavy atom. The Morgan fingerprint density at radius 2 is 1.92 bits per heavy atom. The van der Waals surface area contributed by atoms with Crippen molar-refractivity contribution in [3.8, 4) is 0 Å². The van der Waals surface area contributed by atoms with E-state index < -0.39 is 0 Å². The third kappa shape index (κ3) is 3.09. The lowest BCUT2D eigenvalue weighted by Gasteiger charge is -2.29. The first-order valence-corrected chi connectivity index (χ1v) is 9.21. The number of hydrogen-bond acceptors (Lipinski definition) is 4. The van der Waals surface area contributed by atoms with Crippen LogP contribution in [0, 0.1) is 6.92 Å². The van der Waals surface area contributed by atoms with E-state index in [1.54, 1.807) is 0 Å². The van der Waals surface area contributed by atoms with Gasteiger partial charge in [-0.05, 0) is 36.3 Å². The molecule has 0 saturated carbocycles. The first kappa shape index (κ1) is 15.4. The zero-order chi connectivity index (χ0) is 16.4. The minimum atomic E-state index is -0.0164. The molecule has 2 N–H and O–H groups in total. The molecule has 1 aliphatic rings. The number of thioether (sulfide) groups is 1. The summed E-state index contributed by atoms with van der Waals surface area (Å²) in [6.07, 6.45) is 1.11. The smallest absolute Gasteiger partial charge is 0.172 e. The van der Waals surface area contributed by atoms with Crippen LogP contribution in [0.1, 0.15) is 41.3 Å². The van der Waals surface area contributed by atoms with Gasteiger partial charge in [0.05, 0.1) is 6.04 Å². The molecule has 4 nitrogen and oxygen atoms in total. The number of H-pyrrole nitrogens is 1. The standard InChI is InChI=1S/C19H20N4S/c1-13-20-19(23-22-13)18(14-7-3-2-4-8-14)21-16-11-12-24-17-10-6-5-9-15(16)17/h2-10,16,18,21H,11-12H2,1H3,(H,20,22,23)/t16-,18-/m0/s1. The Kier molecular flexibility index (Phi) is 4.36. The van der Waals surface area contributed by atoms with Crippen molar-refractivity contribution >= 4 is 11.8 Å². The normalized spacial score (nSPS) is 18.1. The second-order valence-electron chi connectivity index (χ2n) is 6.02. The van der Waals surface area contributed by atoms with Gasteiger partial charge in [0.1, 0.15) is 5.82 Å². The molecule has 1 aliphatic heterocycles. The fourth-order valence-electron chi connectivity index (χ4n) is 3.17. The van der Waals surface area contributed by atoms with Gasteiger partial charge in [-0.3, -0.25) is 10.4 Å². The highest BCUT2D eigenvalue weighted by Gasteiger charge is 2.26. The monoisotopic (exact) mass is 336 g/mol. The molecule has 2 aromatic carbocycles. The highest BCUT2D eigenvalue weighted by Crippen LogP contribution is 2.37. The van der Waals surface area contributed by atoms with Crippen molar-refractivity contribution < 1.29 is 0 Å². The Bertz CT molecular complexity index is 815. The highest BCUT2D eigenvalue weighted by atomic mass is 32.2. The van der Waals surface area contributed by atoms with Crippen LogP contribution in [0.5, 0.6) is 0 Å². The van der Waals surface area contributed by atoms with E-state index in [4.69, 9.17) is 0 Å². The minimum Gasteiger partial charge on any atom is -0.297 e. The average molecular weight is 336 g/mol. The van der Waals surface area contributed by atoms with Gasteiger partial charge in [-0.2, -0.15) is 5.10 Å². The highest BCUT2D eigenvalue weighted by molar-refractivity contribution is 7.99. The van der Waals surface area contributed by atoms with Crippen LogP contribution in [-0.2, 0) is 0 Å². The molecule has 3 aromatic rings. The van der Waals surface area contributed by atoms with Crippen LogP contribution in [0.3, 0.4) is 0 Å². The summed E-state index contributed by atoms with van der Waals surface area (Å²) in [4.78, 5) is 5.95. The van der Waals surface area contributed by atoms with E-state index in [0.717, 1.165) is 23.8 Å². The van der Waals surface area contributed by atoms with Gasteiger partial charge < -0.3 is 0 Å². The molecule has 0 bridgehead atoms. The summed E-state index contributed by atoms with van der Waals surface area (Å²) in [5.41, 5.74) is 2.56. The van der Waals surface area contributed by atoms with Crippen molar-refractivity contribution in [3.05, 3.63) is 77.4 Å². The molecule has 24 heavy (non-hydrogen) atoms. The molecule has 122 valence electrons. The molecular weight excluding hydrogens is 316 g/mol. The molecule has 0 radical (unpaired) electrons. The molecule has 2 heterocycles. The predicted molar refractivity (Wildman–Crippen MR) is 97.1 cm³/mol. The second-order valence-corrected chi connectivity index (χ2v) is 7.15. The van der Waals surface area contributed by atoms with E-state index in [2.05, 4.69) is 69.0 Å². The van der Waals surface area contributed by atoms with Gasteiger partial charge in [-0.15, -0.1) is 11.8 Å². The fraction of sp³-hybridized carbons (Fsp3) is 0.263. The summed E-state index contributed by atoms with van der Waals surface area (Å²) in [5.74, 6) is 2.77. The van der Waals surface area contributed by atoms with E-state index in [9.17, 15) is 0 Å². The summed E-state index contributed by atoms with van der Waals surface area (Å²) in [7, 11) is 0.